The highest BCUT2D eigenvalue weighted by atomic mass is 16.5. The second-order valence-corrected chi connectivity index (χ2v) is 3.85. The smallest absolute Gasteiger partial charge is 0.338 e. The Labute approximate surface area is 93.7 Å². The second kappa shape index (κ2) is 3.93. The Morgan fingerprint density at radius 1 is 1.31 bits per heavy atom. The third-order valence-corrected chi connectivity index (χ3v) is 2.62. The number of fused-ring (bicyclic) bond motifs is 1. The molecule has 16 heavy (non-hydrogen) atoms. The van der Waals surface area contributed by atoms with Gasteiger partial charge in [0.15, 0.2) is 5.78 Å². The number of carbonyl (C=O) groups is 2. The van der Waals surface area contributed by atoms with Crippen molar-refractivity contribution in [1.29, 1.82) is 0 Å². The molecule has 1 aromatic carbocycles. The van der Waals surface area contributed by atoms with Crippen molar-refractivity contribution in [2.45, 2.75) is 13.3 Å². The number of allylic oxidation sites excluding steroid dienone is 1. The van der Waals surface area contributed by atoms with Crippen molar-refractivity contribution in [3.63, 3.8) is 0 Å². The number of ketones is 1. The summed E-state index contributed by atoms with van der Waals surface area (Å²) in [5.41, 5.74) is 3.19. The van der Waals surface area contributed by atoms with Gasteiger partial charge in [0.1, 0.15) is 0 Å². The molecule has 0 heterocycles. The molecule has 0 bridgehead atoms. The number of ether oxygens (including phenoxy) is 1. The van der Waals surface area contributed by atoms with Crippen LogP contribution in [0.3, 0.4) is 0 Å². The van der Waals surface area contributed by atoms with Gasteiger partial charge in [0.25, 0.3) is 0 Å². The van der Waals surface area contributed by atoms with Gasteiger partial charge in [0.05, 0.1) is 12.7 Å². The van der Waals surface area contributed by atoms with E-state index in [2.05, 4.69) is 0 Å². The maximum Gasteiger partial charge on any atom is 0.338 e. The van der Waals surface area contributed by atoms with Gasteiger partial charge < -0.3 is 4.74 Å². The molecule has 0 saturated heterocycles. The van der Waals surface area contributed by atoms with Crippen LogP contribution < -0.4 is 0 Å². The van der Waals surface area contributed by atoms with E-state index in [0.717, 1.165) is 16.7 Å². The normalized spacial score (nSPS) is 13.5. The number of aryl methyl sites for hydroxylation is 1. The van der Waals surface area contributed by atoms with E-state index in [-0.39, 0.29) is 11.8 Å². The molecular formula is C13H12O3. The van der Waals surface area contributed by atoms with Crippen LogP contribution in [0.25, 0.3) is 6.08 Å². The Hall–Kier alpha value is -1.90. The van der Waals surface area contributed by atoms with Crippen LogP contribution >= 0.6 is 0 Å². The Morgan fingerprint density at radius 2 is 2.06 bits per heavy atom. The van der Waals surface area contributed by atoms with Gasteiger partial charge in [-0.1, -0.05) is 12.1 Å². The lowest BCUT2D eigenvalue weighted by atomic mass is 9.91. The van der Waals surface area contributed by atoms with Crippen molar-refractivity contribution in [2.24, 2.45) is 0 Å². The first-order valence-corrected chi connectivity index (χ1v) is 5.04. The highest BCUT2D eigenvalue weighted by Crippen LogP contribution is 2.24. The van der Waals surface area contributed by atoms with Crippen molar-refractivity contribution in [2.75, 3.05) is 7.11 Å². The maximum atomic E-state index is 11.6. The van der Waals surface area contributed by atoms with E-state index in [1.807, 2.05) is 13.0 Å². The maximum absolute atomic E-state index is 11.6. The second-order valence-electron chi connectivity index (χ2n) is 3.85. The van der Waals surface area contributed by atoms with Crippen molar-refractivity contribution < 1.29 is 14.3 Å². The number of benzene rings is 1. The van der Waals surface area contributed by atoms with Crippen LogP contribution in [0, 0.1) is 6.92 Å². The molecule has 0 unspecified atom stereocenters. The molecule has 0 aromatic heterocycles. The summed E-state index contributed by atoms with van der Waals surface area (Å²) in [5, 5.41) is 0. The summed E-state index contributed by atoms with van der Waals surface area (Å²) in [6, 6.07) is 3.72. The summed E-state index contributed by atoms with van der Waals surface area (Å²) in [4.78, 5) is 22.9. The van der Waals surface area contributed by atoms with E-state index in [4.69, 9.17) is 4.74 Å². The summed E-state index contributed by atoms with van der Waals surface area (Å²) < 4.78 is 4.73. The third kappa shape index (κ3) is 1.76. The average molecular weight is 216 g/mol. The van der Waals surface area contributed by atoms with E-state index >= 15 is 0 Å². The quantitative estimate of drug-likeness (QED) is 0.673. The molecule has 1 aliphatic rings. The van der Waals surface area contributed by atoms with Crippen LogP contribution in [0.4, 0.5) is 0 Å². The van der Waals surface area contributed by atoms with Crippen molar-refractivity contribution in [3.8, 4) is 0 Å². The minimum absolute atomic E-state index is 0.0638. The summed E-state index contributed by atoms with van der Waals surface area (Å²) >= 11 is 0. The van der Waals surface area contributed by atoms with Gasteiger partial charge in [-0.05, 0) is 35.8 Å². The zero-order valence-corrected chi connectivity index (χ0v) is 9.24. The first-order valence-electron chi connectivity index (χ1n) is 5.04. The third-order valence-electron chi connectivity index (χ3n) is 2.62. The Bertz CT molecular complexity index is 498. The molecule has 0 saturated carbocycles. The van der Waals surface area contributed by atoms with Crippen LogP contribution in [0.2, 0.25) is 0 Å². The summed E-state index contributed by atoms with van der Waals surface area (Å²) in [7, 11) is 1.36. The molecule has 82 valence electrons. The Kier molecular flexibility index (Phi) is 2.60. The zero-order valence-electron chi connectivity index (χ0n) is 9.24. The Balaban J connectivity index is 2.61. The lowest BCUT2D eigenvalue weighted by Gasteiger charge is -2.14. The molecule has 1 aromatic rings. The molecule has 0 amide bonds. The van der Waals surface area contributed by atoms with Crippen molar-refractivity contribution in [3.05, 3.63) is 40.5 Å². The predicted molar refractivity (Wildman–Crippen MR) is 60.3 cm³/mol. The first kappa shape index (κ1) is 10.6. The molecule has 1 aliphatic carbocycles. The number of hydrogen-bond acceptors (Lipinski definition) is 3. The molecule has 0 N–H and O–H groups in total. The standard InChI is InChI=1S/C13H12O3/c1-8-5-9-7-10(14)3-4-11(9)12(6-8)13(15)16-2/h3-6H,7H2,1-2H3. The Morgan fingerprint density at radius 3 is 2.75 bits per heavy atom. The van der Waals surface area contributed by atoms with Gasteiger partial charge in [-0.25, -0.2) is 4.79 Å². The number of methoxy groups -OCH3 is 1. The van der Waals surface area contributed by atoms with Gasteiger partial charge in [-0.3, -0.25) is 4.79 Å². The highest BCUT2D eigenvalue weighted by molar-refractivity contribution is 6.02. The van der Waals surface area contributed by atoms with Crippen LogP contribution in [0.5, 0.6) is 0 Å². The molecule has 2 rings (SSSR count). The lowest BCUT2D eigenvalue weighted by molar-refractivity contribution is -0.114. The summed E-state index contributed by atoms with van der Waals surface area (Å²) in [5.74, 6) is -0.298. The molecule has 0 spiro atoms. The van der Waals surface area contributed by atoms with Gasteiger partial charge in [-0.2, -0.15) is 0 Å². The number of carbonyl (C=O) groups excluding carboxylic acids is 2. The van der Waals surface area contributed by atoms with Crippen LogP contribution in [-0.4, -0.2) is 18.9 Å². The topological polar surface area (TPSA) is 43.4 Å². The molecule has 0 fully saturated rings. The predicted octanol–water partition coefficient (Wildman–Crippen LogP) is 1.92. The largest absolute Gasteiger partial charge is 0.465 e. The SMILES string of the molecule is COC(=O)c1cc(C)cc2c1C=CC(=O)C2. The molecule has 3 nitrogen and oxygen atoms in total. The van der Waals surface area contributed by atoms with Crippen molar-refractivity contribution in [1.82, 2.24) is 0 Å². The summed E-state index contributed by atoms with van der Waals surface area (Å²) in [6.07, 6.45) is 3.55. The molecule has 0 radical (unpaired) electrons. The molecular weight excluding hydrogens is 204 g/mol. The monoisotopic (exact) mass is 216 g/mol. The van der Waals surface area contributed by atoms with Crippen molar-refractivity contribution >= 4 is 17.8 Å². The minimum atomic E-state index is -0.362. The van der Waals surface area contributed by atoms with Crippen LogP contribution in [-0.2, 0) is 16.0 Å². The number of hydrogen-bond donors (Lipinski definition) is 0. The highest BCUT2D eigenvalue weighted by Gasteiger charge is 2.18. The molecule has 0 atom stereocenters. The van der Waals surface area contributed by atoms with E-state index < -0.39 is 0 Å². The van der Waals surface area contributed by atoms with E-state index in [1.165, 1.54) is 13.2 Å². The summed E-state index contributed by atoms with van der Waals surface area (Å²) in [6.45, 7) is 1.90. The average Bonchev–Trinajstić information content (AvgIpc) is 2.26. The van der Waals surface area contributed by atoms with E-state index in [1.54, 1.807) is 12.1 Å². The van der Waals surface area contributed by atoms with E-state index in [0.29, 0.717) is 12.0 Å². The molecule has 0 aliphatic heterocycles. The van der Waals surface area contributed by atoms with Gasteiger partial charge >= 0.3 is 5.97 Å². The van der Waals surface area contributed by atoms with Gasteiger partial charge in [0.2, 0.25) is 0 Å². The van der Waals surface area contributed by atoms with Crippen LogP contribution in [0.1, 0.15) is 27.0 Å². The zero-order chi connectivity index (χ0) is 11.7. The fourth-order valence-electron chi connectivity index (χ4n) is 1.92. The van der Waals surface area contributed by atoms with Crippen LogP contribution in [0.15, 0.2) is 18.2 Å². The van der Waals surface area contributed by atoms with Gasteiger partial charge in [-0.15, -0.1) is 0 Å². The fourth-order valence-corrected chi connectivity index (χ4v) is 1.92. The van der Waals surface area contributed by atoms with Gasteiger partial charge in [0, 0.05) is 6.42 Å². The van der Waals surface area contributed by atoms with E-state index in [9.17, 15) is 9.59 Å². The lowest BCUT2D eigenvalue weighted by Crippen LogP contribution is -2.12. The number of rotatable bonds is 1. The fraction of sp³-hybridized carbons (Fsp3) is 0.231. The molecule has 3 heteroatoms. The first-order chi connectivity index (χ1) is 7.61. The number of esters is 1. The minimum Gasteiger partial charge on any atom is -0.465 e.